The molecule has 2 aliphatic heterocycles. The van der Waals surface area contributed by atoms with Crippen molar-refractivity contribution in [1.82, 2.24) is 0 Å². The lowest BCUT2D eigenvalue weighted by atomic mass is 9.89. The Labute approximate surface area is 216 Å². The zero-order valence-corrected chi connectivity index (χ0v) is 20.8. The molecule has 0 aromatic heterocycles. The van der Waals surface area contributed by atoms with Gasteiger partial charge in [-0.05, 0) is 43.8 Å². The third-order valence-corrected chi connectivity index (χ3v) is 7.64. The zero-order valence-electron chi connectivity index (χ0n) is 20.8. The third kappa shape index (κ3) is 5.48. The molecule has 2 saturated heterocycles. The van der Waals surface area contributed by atoms with Crippen LogP contribution in [-0.2, 0) is 38.1 Å². The van der Waals surface area contributed by atoms with Gasteiger partial charge in [0.25, 0.3) is 11.6 Å². The molecule has 5 aliphatic rings. The molecule has 3 aliphatic carbocycles. The van der Waals surface area contributed by atoms with E-state index in [9.17, 15) is 19.2 Å². The maximum Gasteiger partial charge on any atom is 0.348 e. The van der Waals surface area contributed by atoms with Crippen molar-refractivity contribution >= 4 is 23.9 Å². The Hall–Kier alpha value is -3.42. The van der Waals surface area contributed by atoms with E-state index in [-0.39, 0.29) is 11.5 Å². The first-order chi connectivity index (χ1) is 17.9. The van der Waals surface area contributed by atoms with Crippen molar-refractivity contribution in [3.8, 4) is 0 Å². The predicted molar refractivity (Wildman–Crippen MR) is 131 cm³/mol. The second-order valence-corrected chi connectivity index (χ2v) is 10.3. The summed E-state index contributed by atoms with van der Waals surface area (Å²) < 4.78 is 22.3. The largest absolute Gasteiger partial charge is 0.422 e. The molecule has 0 aromatic carbocycles. The van der Waals surface area contributed by atoms with Crippen molar-refractivity contribution in [3.05, 3.63) is 59.8 Å². The van der Waals surface area contributed by atoms with E-state index in [0.29, 0.717) is 37.7 Å². The van der Waals surface area contributed by atoms with Crippen molar-refractivity contribution in [3.63, 3.8) is 0 Å². The second-order valence-electron chi connectivity index (χ2n) is 10.3. The van der Waals surface area contributed by atoms with Crippen LogP contribution in [0.25, 0.3) is 0 Å². The number of hydrogen-bond donors (Lipinski definition) is 0. The molecule has 8 nitrogen and oxygen atoms in total. The fourth-order valence-electron chi connectivity index (χ4n) is 5.56. The number of carbonyl (C=O) groups is 4. The molecule has 196 valence electrons. The molecule has 0 amide bonds. The average molecular weight is 509 g/mol. The normalized spacial score (nSPS) is 29.2. The van der Waals surface area contributed by atoms with Crippen LogP contribution in [0.1, 0.15) is 70.6 Å². The van der Waals surface area contributed by atoms with E-state index in [1.165, 1.54) is 12.2 Å². The smallest absolute Gasteiger partial charge is 0.348 e. The Morgan fingerprint density at radius 3 is 1.86 bits per heavy atom. The Bertz CT molecular complexity index is 1070. The first kappa shape index (κ1) is 25.2. The number of esters is 4. The van der Waals surface area contributed by atoms with Crippen molar-refractivity contribution in [2.24, 2.45) is 11.8 Å². The highest BCUT2D eigenvalue weighted by Gasteiger charge is 2.49. The summed E-state index contributed by atoms with van der Waals surface area (Å²) in [5, 5.41) is 0. The van der Waals surface area contributed by atoms with Gasteiger partial charge in [0.1, 0.15) is 5.57 Å². The highest BCUT2D eigenvalue weighted by Crippen LogP contribution is 2.38. The van der Waals surface area contributed by atoms with Gasteiger partial charge >= 0.3 is 23.9 Å². The van der Waals surface area contributed by atoms with Crippen molar-refractivity contribution in [2.75, 3.05) is 0 Å². The first-order valence-corrected chi connectivity index (χ1v) is 13.2. The van der Waals surface area contributed by atoms with Crippen LogP contribution >= 0.6 is 0 Å². The summed E-state index contributed by atoms with van der Waals surface area (Å²) in [6.45, 7) is 0. The second kappa shape index (κ2) is 10.5. The van der Waals surface area contributed by atoms with Crippen LogP contribution in [0, 0.1) is 11.8 Å². The summed E-state index contributed by atoms with van der Waals surface area (Å²) in [4.78, 5) is 50.9. The molecule has 2 heterocycles. The number of ether oxygens (including phenoxy) is 4. The van der Waals surface area contributed by atoms with E-state index < -0.39 is 41.4 Å². The molecule has 8 heteroatoms. The minimum absolute atomic E-state index is 0.0845. The summed E-state index contributed by atoms with van der Waals surface area (Å²) in [6.07, 6.45) is 22.1. The topological polar surface area (TPSA) is 105 Å². The van der Waals surface area contributed by atoms with Gasteiger partial charge in [0.15, 0.2) is 5.92 Å². The van der Waals surface area contributed by atoms with Gasteiger partial charge < -0.3 is 18.9 Å². The Morgan fingerprint density at radius 1 is 0.757 bits per heavy atom. The first-order valence-electron chi connectivity index (χ1n) is 13.2. The van der Waals surface area contributed by atoms with Gasteiger partial charge in [-0.2, -0.15) is 0 Å². The van der Waals surface area contributed by atoms with Crippen LogP contribution in [0.5, 0.6) is 0 Å². The summed E-state index contributed by atoms with van der Waals surface area (Å²) in [5.74, 6) is -6.19. The summed E-state index contributed by atoms with van der Waals surface area (Å²) in [6, 6.07) is 0. The zero-order chi connectivity index (χ0) is 25.9. The minimum atomic E-state index is -1.18. The highest BCUT2D eigenvalue weighted by atomic mass is 16.8. The molecule has 1 atom stereocenters. The average Bonchev–Trinajstić information content (AvgIpc) is 2.88. The molecule has 0 aromatic rings. The molecule has 2 saturated carbocycles. The number of allylic oxidation sites excluding steroid dienone is 8. The van der Waals surface area contributed by atoms with Gasteiger partial charge in [0.2, 0.25) is 0 Å². The van der Waals surface area contributed by atoms with Crippen LogP contribution in [-0.4, -0.2) is 35.5 Å². The van der Waals surface area contributed by atoms with Gasteiger partial charge in [0, 0.05) is 31.6 Å². The van der Waals surface area contributed by atoms with Crippen molar-refractivity contribution in [2.45, 2.75) is 82.2 Å². The summed E-state index contributed by atoms with van der Waals surface area (Å²) in [7, 11) is 0. The minimum Gasteiger partial charge on any atom is -0.422 e. The van der Waals surface area contributed by atoms with Gasteiger partial charge in [-0.3, -0.25) is 9.59 Å². The molecular weight excluding hydrogens is 476 g/mol. The number of hydrogen-bond acceptors (Lipinski definition) is 8. The molecule has 4 fully saturated rings. The van der Waals surface area contributed by atoms with E-state index in [0.717, 1.165) is 38.5 Å². The summed E-state index contributed by atoms with van der Waals surface area (Å²) in [5.41, 5.74) is 0.512. The van der Waals surface area contributed by atoms with E-state index in [1.807, 2.05) is 24.3 Å². The fourth-order valence-corrected chi connectivity index (χ4v) is 5.56. The van der Waals surface area contributed by atoms with E-state index >= 15 is 0 Å². The Morgan fingerprint density at radius 2 is 1.32 bits per heavy atom. The lowest BCUT2D eigenvalue weighted by Gasteiger charge is -2.40. The van der Waals surface area contributed by atoms with Crippen LogP contribution in [0.2, 0.25) is 0 Å². The van der Waals surface area contributed by atoms with Gasteiger partial charge in [-0.15, -0.1) is 0 Å². The standard InChI is InChI=1S/C29H32O8/c30-24-22(25(31)35-28(34-24)16-6-2-7-17-28)14-12-21(20-10-4-1-5-11-20)13-15-23-26(32)36-29(37-27(23)33)18-8-3-9-19-29/h1,4-5,10,12-15,20,22H,2-3,6-9,11,16-19H2/b14-12+,21-13-. The SMILES string of the molecule is O=C1OC2(CCCCC2)OC(=O)C1=C/C=C(/C=C/C1C(=O)OC2(CCCCC2)OC1=O)C1C=CC=CC1. The molecule has 5 rings (SSSR count). The van der Waals surface area contributed by atoms with Crippen molar-refractivity contribution < 1.29 is 38.1 Å². The predicted octanol–water partition coefficient (Wildman–Crippen LogP) is 4.66. The molecule has 0 radical (unpaired) electrons. The monoisotopic (exact) mass is 508 g/mol. The van der Waals surface area contributed by atoms with Crippen LogP contribution in [0.4, 0.5) is 0 Å². The van der Waals surface area contributed by atoms with Gasteiger partial charge in [-0.1, -0.05) is 55.4 Å². The van der Waals surface area contributed by atoms with Crippen molar-refractivity contribution in [1.29, 1.82) is 0 Å². The van der Waals surface area contributed by atoms with Crippen LogP contribution < -0.4 is 0 Å². The highest BCUT2D eigenvalue weighted by molar-refractivity contribution is 6.15. The molecule has 1 unspecified atom stereocenters. The number of rotatable bonds is 4. The Kier molecular flexibility index (Phi) is 7.17. The molecule has 2 spiro atoms. The number of carbonyl (C=O) groups excluding carboxylic acids is 4. The lowest BCUT2D eigenvalue weighted by Crippen LogP contribution is -2.50. The molecule has 37 heavy (non-hydrogen) atoms. The fraction of sp³-hybridized carbons (Fsp3) is 0.517. The van der Waals surface area contributed by atoms with Crippen LogP contribution in [0.15, 0.2) is 59.8 Å². The quantitative estimate of drug-likeness (QED) is 0.177. The van der Waals surface area contributed by atoms with E-state index in [4.69, 9.17) is 18.9 Å². The molecular formula is C29H32O8. The van der Waals surface area contributed by atoms with Gasteiger partial charge in [0.05, 0.1) is 0 Å². The molecule has 0 N–H and O–H groups in total. The van der Waals surface area contributed by atoms with Crippen LogP contribution in [0.3, 0.4) is 0 Å². The maximum atomic E-state index is 12.8. The maximum absolute atomic E-state index is 12.8. The molecule has 0 bridgehead atoms. The third-order valence-electron chi connectivity index (χ3n) is 7.64. The van der Waals surface area contributed by atoms with E-state index in [1.54, 1.807) is 12.2 Å². The van der Waals surface area contributed by atoms with E-state index in [2.05, 4.69) is 0 Å². The Balaban J connectivity index is 1.35. The lowest BCUT2D eigenvalue weighted by molar-refractivity contribution is -0.258. The van der Waals surface area contributed by atoms with Gasteiger partial charge in [-0.25, -0.2) is 9.59 Å². The summed E-state index contributed by atoms with van der Waals surface area (Å²) >= 11 is 0.